The van der Waals surface area contributed by atoms with Crippen molar-refractivity contribution in [2.45, 2.75) is 19.0 Å². The average molecular weight is 312 g/mol. The maximum absolute atomic E-state index is 12.8. The maximum atomic E-state index is 12.8. The number of aromatic nitrogens is 3. The Bertz CT molecular complexity index is 729. The molecule has 1 saturated heterocycles. The number of sulfone groups is 1. The topological polar surface area (TPSA) is 98.0 Å². The Morgan fingerprint density at radius 2 is 2.29 bits per heavy atom. The third-order valence-electron chi connectivity index (χ3n) is 3.20. The molecular formula is C12H13FN4O3S. The highest BCUT2D eigenvalue weighted by molar-refractivity contribution is 7.91. The lowest BCUT2D eigenvalue weighted by Gasteiger charge is -2.06. The lowest BCUT2D eigenvalue weighted by atomic mass is 10.2. The molecule has 1 atom stereocenters. The molecule has 112 valence electrons. The fourth-order valence-electron chi connectivity index (χ4n) is 2.13. The summed E-state index contributed by atoms with van der Waals surface area (Å²) in [4.78, 5) is 7.99. The predicted molar refractivity (Wildman–Crippen MR) is 71.4 cm³/mol. The largest absolute Gasteiger partial charge is 0.337 e. The number of pyridine rings is 1. The fraction of sp³-hybridized carbons (Fsp3) is 0.417. The monoisotopic (exact) mass is 312 g/mol. The zero-order valence-electron chi connectivity index (χ0n) is 11.0. The van der Waals surface area contributed by atoms with Crippen LogP contribution in [0.15, 0.2) is 22.9 Å². The van der Waals surface area contributed by atoms with Gasteiger partial charge >= 0.3 is 0 Å². The van der Waals surface area contributed by atoms with Crippen LogP contribution in [0.2, 0.25) is 0 Å². The molecule has 0 spiro atoms. The van der Waals surface area contributed by atoms with E-state index in [0.717, 1.165) is 6.20 Å². The Labute approximate surface area is 120 Å². The van der Waals surface area contributed by atoms with Gasteiger partial charge < -0.3 is 9.84 Å². The normalized spacial score (nSPS) is 20.7. The number of hydrogen-bond acceptors (Lipinski definition) is 7. The molecule has 0 radical (unpaired) electrons. The summed E-state index contributed by atoms with van der Waals surface area (Å²) >= 11 is 0. The number of rotatable bonds is 4. The quantitative estimate of drug-likeness (QED) is 0.880. The van der Waals surface area contributed by atoms with Crippen molar-refractivity contribution in [3.8, 4) is 11.5 Å². The second-order valence-electron chi connectivity index (χ2n) is 4.85. The number of nitrogens with one attached hydrogen (secondary N) is 1. The van der Waals surface area contributed by atoms with E-state index in [1.807, 2.05) is 0 Å². The summed E-state index contributed by atoms with van der Waals surface area (Å²) in [6.45, 7) is 0.286. The molecule has 3 heterocycles. The van der Waals surface area contributed by atoms with Crippen LogP contribution in [0, 0.1) is 5.82 Å². The van der Waals surface area contributed by atoms with Crippen LogP contribution in [0.25, 0.3) is 11.5 Å². The minimum atomic E-state index is -2.92. The van der Waals surface area contributed by atoms with Crippen molar-refractivity contribution in [2.75, 3.05) is 11.5 Å². The van der Waals surface area contributed by atoms with Crippen LogP contribution in [-0.2, 0) is 16.4 Å². The van der Waals surface area contributed by atoms with Crippen LogP contribution in [0.1, 0.15) is 12.3 Å². The average Bonchev–Trinajstić information content (AvgIpc) is 3.04. The van der Waals surface area contributed by atoms with Crippen LogP contribution in [0.5, 0.6) is 0 Å². The molecule has 1 aliphatic heterocycles. The summed E-state index contributed by atoms with van der Waals surface area (Å²) in [5, 5.41) is 6.83. The molecule has 1 aliphatic rings. The fourth-order valence-corrected chi connectivity index (χ4v) is 3.83. The molecule has 0 amide bonds. The molecule has 1 unspecified atom stereocenters. The molecule has 3 rings (SSSR count). The van der Waals surface area contributed by atoms with E-state index in [1.165, 1.54) is 12.1 Å². The summed E-state index contributed by atoms with van der Waals surface area (Å²) in [7, 11) is -2.92. The summed E-state index contributed by atoms with van der Waals surface area (Å²) in [5.74, 6) is 0.505. The summed E-state index contributed by atoms with van der Waals surface area (Å²) < 4.78 is 40.5. The molecular weight excluding hydrogens is 299 g/mol. The smallest absolute Gasteiger partial charge is 0.240 e. The molecule has 21 heavy (non-hydrogen) atoms. The Kier molecular flexibility index (Phi) is 3.68. The first-order chi connectivity index (χ1) is 10.0. The molecule has 0 aromatic carbocycles. The Hall–Kier alpha value is -1.87. The first-order valence-corrected chi connectivity index (χ1v) is 8.22. The highest BCUT2D eigenvalue weighted by atomic mass is 32.2. The lowest BCUT2D eigenvalue weighted by Crippen LogP contribution is -2.29. The van der Waals surface area contributed by atoms with Crippen molar-refractivity contribution in [2.24, 2.45) is 0 Å². The van der Waals surface area contributed by atoms with Gasteiger partial charge in [-0.25, -0.2) is 17.8 Å². The van der Waals surface area contributed by atoms with Gasteiger partial charge in [-0.2, -0.15) is 4.98 Å². The van der Waals surface area contributed by atoms with Gasteiger partial charge in [0.05, 0.1) is 24.2 Å². The van der Waals surface area contributed by atoms with E-state index in [2.05, 4.69) is 20.4 Å². The van der Waals surface area contributed by atoms with Gasteiger partial charge in [-0.05, 0) is 18.6 Å². The molecule has 7 nitrogen and oxygen atoms in total. The summed E-state index contributed by atoms with van der Waals surface area (Å²) in [6.07, 6.45) is 1.66. The Morgan fingerprint density at radius 3 is 2.95 bits per heavy atom. The third-order valence-corrected chi connectivity index (χ3v) is 4.97. The highest BCUT2D eigenvalue weighted by Gasteiger charge is 2.27. The van der Waals surface area contributed by atoms with Crippen molar-refractivity contribution in [1.29, 1.82) is 0 Å². The molecule has 0 bridgehead atoms. The molecule has 2 aromatic heterocycles. The van der Waals surface area contributed by atoms with E-state index in [9.17, 15) is 12.8 Å². The minimum absolute atomic E-state index is 0.0886. The maximum Gasteiger partial charge on any atom is 0.240 e. The SMILES string of the molecule is O=S1(=O)CCC(NCc2nc(-c3ccc(F)cn3)no2)C1. The third kappa shape index (κ3) is 3.42. The molecule has 1 fully saturated rings. The number of halogens is 1. The van der Waals surface area contributed by atoms with Crippen molar-refractivity contribution < 1.29 is 17.3 Å². The van der Waals surface area contributed by atoms with Gasteiger partial charge in [0, 0.05) is 6.04 Å². The first kappa shape index (κ1) is 14.1. The molecule has 9 heteroatoms. The first-order valence-electron chi connectivity index (χ1n) is 6.40. The zero-order valence-corrected chi connectivity index (χ0v) is 11.8. The van der Waals surface area contributed by atoms with Gasteiger partial charge in [0.15, 0.2) is 9.84 Å². The Balaban J connectivity index is 1.62. The molecule has 0 saturated carbocycles. The van der Waals surface area contributed by atoms with Gasteiger partial charge in [0.2, 0.25) is 11.7 Å². The van der Waals surface area contributed by atoms with E-state index in [0.29, 0.717) is 18.0 Å². The second kappa shape index (κ2) is 5.49. The van der Waals surface area contributed by atoms with E-state index < -0.39 is 15.7 Å². The second-order valence-corrected chi connectivity index (χ2v) is 7.08. The predicted octanol–water partition coefficient (Wildman–Crippen LogP) is 0.547. The van der Waals surface area contributed by atoms with E-state index >= 15 is 0 Å². The number of nitrogens with zero attached hydrogens (tertiary/aromatic N) is 3. The van der Waals surface area contributed by atoms with E-state index in [1.54, 1.807) is 0 Å². The van der Waals surface area contributed by atoms with E-state index in [4.69, 9.17) is 4.52 Å². The number of hydrogen-bond donors (Lipinski definition) is 1. The van der Waals surface area contributed by atoms with Crippen molar-refractivity contribution in [3.05, 3.63) is 30.0 Å². The molecule has 2 aromatic rings. The van der Waals surface area contributed by atoms with Gasteiger partial charge in [-0.1, -0.05) is 5.16 Å². The highest BCUT2D eigenvalue weighted by Crippen LogP contribution is 2.14. The van der Waals surface area contributed by atoms with Crippen LogP contribution in [0.3, 0.4) is 0 Å². The van der Waals surface area contributed by atoms with Crippen LogP contribution in [-0.4, -0.2) is 41.1 Å². The standard InChI is InChI=1S/C12H13FN4O3S/c13-8-1-2-10(15-5-8)12-16-11(20-17-12)6-14-9-3-4-21(18,19)7-9/h1-2,5,9,14H,3-4,6-7H2. The van der Waals surface area contributed by atoms with Crippen LogP contribution < -0.4 is 5.32 Å². The van der Waals surface area contributed by atoms with Crippen LogP contribution >= 0.6 is 0 Å². The Morgan fingerprint density at radius 1 is 1.43 bits per heavy atom. The zero-order chi connectivity index (χ0) is 14.9. The van der Waals surface area contributed by atoms with Crippen LogP contribution in [0.4, 0.5) is 4.39 Å². The summed E-state index contributed by atoms with van der Waals surface area (Å²) in [5.41, 5.74) is 0.412. The van der Waals surface area contributed by atoms with Crippen molar-refractivity contribution in [3.63, 3.8) is 0 Å². The summed E-state index contributed by atoms with van der Waals surface area (Å²) in [6, 6.07) is 2.63. The lowest BCUT2D eigenvalue weighted by molar-refractivity contribution is 0.360. The van der Waals surface area contributed by atoms with Crippen molar-refractivity contribution >= 4 is 9.84 Å². The van der Waals surface area contributed by atoms with Gasteiger partial charge in [0.25, 0.3) is 0 Å². The van der Waals surface area contributed by atoms with Gasteiger partial charge in [-0.3, -0.25) is 0 Å². The molecule has 0 aliphatic carbocycles. The van der Waals surface area contributed by atoms with Gasteiger partial charge in [0.1, 0.15) is 11.5 Å². The molecule has 1 N–H and O–H groups in total. The van der Waals surface area contributed by atoms with Gasteiger partial charge in [-0.15, -0.1) is 0 Å². The minimum Gasteiger partial charge on any atom is -0.337 e. The van der Waals surface area contributed by atoms with Crippen molar-refractivity contribution in [1.82, 2.24) is 20.4 Å². The van der Waals surface area contributed by atoms with E-state index in [-0.39, 0.29) is 29.9 Å².